The minimum absolute atomic E-state index is 0.00695. The number of nitrogens with one attached hydrogen (secondary N) is 1. The number of nitrogens with zero attached hydrogens (tertiary/aromatic N) is 1. The van der Waals surface area contributed by atoms with Gasteiger partial charge in [-0.3, -0.25) is 10.1 Å². The fourth-order valence-electron chi connectivity index (χ4n) is 2.10. The maximum atomic E-state index is 12.2. The molecular weight excluding hydrogens is 364 g/mol. The normalized spacial score (nSPS) is 11.1. The number of carboxylic acid groups (broad SMARTS) is 1. The first-order valence-electron chi connectivity index (χ1n) is 7.50. The quantitative estimate of drug-likeness (QED) is 0.386. The van der Waals surface area contributed by atoms with Crippen molar-refractivity contribution in [2.75, 3.05) is 13.2 Å². The van der Waals surface area contributed by atoms with Gasteiger partial charge in [-0.05, 0) is 30.7 Å². The lowest BCUT2D eigenvalue weighted by molar-refractivity contribution is -0.387. The van der Waals surface area contributed by atoms with Crippen molar-refractivity contribution < 1.29 is 28.0 Å². The Morgan fingerprint density at radius 1 is 1.19 bits per heavy atom. The van der Waals surface area contributed by atoms with Gasteiger partial charge in [0.05, 0.1) is 17.1 Å². The van der Waals surface area contributed by atoms with Crippen molar-refractivity contribution in [3.8, 4) is 5.75 Å². The van der Waals surface area contributed by atoms with E-state index >= 15 is 0 Å². The van der Waals surface area contributed by atoms with Crippen molar-refractivity contribution in [1.29, 1.82) is 0 Å². The van der Waals surface area contributed by atoms with Crippen LogP contribution in [0.1, 0.15) is 16.8 Å². The van der Waals surface area contributed by atoms with Gasteiger partial charge in [0, 0.05) is 12.6 Å². The highest BCUT2D eigenvalue weighted by molar-refractivity contribution is 7.89. The van der Waals surface area contributed by atoms with Gasteiger partial charge < -0.3 is 9.84 Å². The van der Waals surface area contributed by atoms with Crippen LogP contribution in [0.4, 0.5) is 5.69 Å². The fraction of sp³-hybridized carbons (Fsp3) is 0.188. The van der Waals surface area contributed by atoms with Crippen molar-refractivity contribution in [2.24, 2.45) is 0 Å². The molecule has 2 aromatic rings. The number of aromatic carboxylic acids is 1. The van der Waals surface area contributed by atoms with Crippen LogP contribution in [-0.4, -0.2) is 37.6 Å². The zero-order valence-corrected chi connectivity index (χ0v) is 14.3. The third-order valence-corrected chi connectivity index (χ3v) is 4.82. The van der Waals surface area contributed by atoms with Crippen LogP contribution in [0.25, 0.3) is 0 Å². The summed E-state index contributed by atoms with van der Waals surface area (Å²) in [5, 5.41) is 19.8. The molecule has 0 heterocycles. The molecule has 10 heteroatoms. The smallest absolute Gasteiger partial charge is 0.335 e. The number of sulfonamides is 1. The number of carboxylic acids is 1. The molecule has 0 saturated carbocycles. The molecule has 0 fully saturated rings. The number of ether oxygens (including phenoxy) is 1. The maximum absolute atomic E-state index is 12.2. The number of hydrogen-bond donors (Lipinski definition) is 2. The summed E-state index contributed by atoms with van der Waals surface area (Å²) < 4.78 is 32.0. The zero-order chi connectivity index (χ0) is 19.2. The van der Waals surface area contributed by atoms with Gasteiger partial charge >= 0.3 is 5.97 Å². The second-order valence-electron chi connectivity index (χ2n) is 5.16. The summed E-state index contributed by atoms with van der Waals surface area (Å²) >= 11 is 0. The molecule has 0 atom stereocenters. The van der Waals surface area contributed by atoms with E-state index < -0.39 is 31.5 Å². The highest BCUT2D eigenvalue weighted by atomic mass is 32.2. The standard InChI is InChI=1S/C16H16N2O7S/c19-16(20)12-5-3-6-13(11-12)25-10-4-9-17-26(23,24)15-8-2-1-7-14(15)18(21)22/h1-3,5-8,11,17H,4,9-10H2,(H,19,20). The highest BCUT2D eigenvalue weighted by Gasteiger charge is 2.24. The van der Waals surface area contributed by atoms with Gasteiger partial charge in [-0.2, -0.15) is 0 Å². The van der Waals surface area contributed by atoms with E-state index in [2.05, 4.69) is 4.72 Å². The van der Waals surface area contributed by atoms with E-state index in [0.717, 1.165) is 12.1 Å². The molecule has 0 saturated heterocycles. The van der Waals surface area contributed by atoms with E-state index in [1.54, 1.807) is 6.07 Å². The van der Waals surface area contributed by atoms with Gasteiger partial charge in [0.2, 0.25) is 10.0 Å². The molecular formula is C16H16N2O7S. The van der Waals surface area contributed by atoms with Crippen LogP contribution in [0.3, 0.4) is 0 Å². The van der Waals surface area contributed by atoms with Crippen molar-refractivity contribution in [3.05, 3.63) is 64.2 Å². The molecule has 9 nitrogen and oxygen atoms in total. The first kappa shape index (κ1) is 19.3. The second kappa shape index (κ2) is 8.41. The summed E-state index contributed by atoms with van der Waals surface area (Å²) in [5.74, 6) is -0.723. The molecule has 138 valence electrons. The Bertz CT molecular complexity index is 912. The van der Waals surface area contributed by atoms with Crippen molar-refractivity contribution >= 4 is 21.7 Å². The maximum Gasteiger partial charge on any atom is 0.335 e. The Morgan fingerprint density at radius 2 is 1.92 bits per heavy atom. The third kappa shape index (κ3) is 5.01. The van der Waals surface area contributed by atoms with Gasteiger partial charge in [0.15, 0.2) is 4.90 Å². The fourth-order valence-corrected chi connectivity index (χ4v) is 3.34. The van der Waals surface area contributed by atoms with Gasteiger partial charge in [-0.15, -0.1) is 0 Å². The van der Waals surface area contributed by atoms with E-state index in [1.807, 2.05) is 0 Å². The van der Waals surface area contributed by atoms with E-state index in [9.17, 15) is 23.3 Å². The number of nitro groups is 1. The highest BCUT2D eigenvalue weighted by Crippen LogP contribution is 2.22. The lowest BCUT2D eigenvalue weighted by Gasteiger charge is -2.09. The zero-order valence-electron chi connectivity index (χ0n) is 13.5. The average molecular weight is 380 g/mol. The topological polar surface area (TPSA) is 136 Å². The first-order valence-corrected chi connectivity index (χ1v) is 8.99. The molecule has 2 N–H and O–H groups in total. The summed E-state index contributed by atoms with van der Waals surface area (Å²) in [6.07, 6.45) is 0.289. The largest absolute Gasteiger partial charge is 0.494 e. The van der Waals surface area contributed by atoms with E-state index in [0.29, 0.717) is 5.75 Å². The summed E-state index contributed by atoms with van der Waals surface area (Å²) in [6.45, 7) is 0.148. The molecule has 0 aliphatic rings. The van der Waals surface area contributed by atoms with Crippen molar-refractivity contribution in [3.63, 3.8) is 0 Å². The SMILES string of the molecule is O=C(O)c1cccc(OCCCNS(=O)(=O)c2ccccc2[N+](=O)[O-])c1. The Hall–Kier alpha value is -2.98. The Morgan fingerprint density at radius 3 is 2.62 bits per heavy atom. The Kier molecular flexibility index (Phi) is 6.26. The first-order chi connectivity index (χ1) is 12.3. The predicted molar refractivity (Wildman–Crippen MR) is 91.8 cm³/mol. The van der Waals surface area contributed by atoms with Crippen LogP contribution in [0.2, 0.25) is 0 Å². The number of carbonyl (C=O) groups is 1. The number of para-hydroxylation sites is 1. The van der Waals surface area contributed by atoms with Crippen LogP contribution < -0.4 is 9.46 Å². The number of rotatable bonds is 9. The van der Waals surface area contributed by atoms with Crippen LogP contribution in [0.5, 0.6) is 5.75 Å². The van der Waals surface area contributed by atoms with Gasteiger partial charge in [-0.1, -0.05) is 18.2 Å². The van der Waals surface area contributed by atoms with E-state index in [1.165, 1.54) is 30.3 Å². The average Bonchev–Trinajstić information content (AvgIpc) is 2.61. The van der Waals surface area contributed by atoms with Crippen LogP contribution in [0.15, 0.2) is 53.4 Å². The lowest BCUT2D eigenvalue weighted by Crippen LogP contribution is -2.26. The Balaban J connectivity index is 1.89. The summed E-state index contributed by atoms with van der Waals surface area (Å²) in [5.41, 5.74) is -0.415. The molecule has 0 unspecified atom stereocenters. The number of nitro benzene ring substituents is 1. The van der Waals surface area contributed by atoms with E-state index in [4.69, 9.17) is 9.84 Å². The molecule has 0 spiro atoms. The number of hydrogen-bond acceptors (Lipinski definition) is 6. The molecule has 0 bridgehead atoms. The van der Waals surface area contributed by atoms with Gasteiger partial charge in [-0.25, -0.2) is 17.9 Å². The monoisotopic (exact) mass is 380 g/mol. The number of benzene rings is 2. The van der Waals surface area contributed by atoms with Crippen molar-refractivity contribution in [2.45, 2.75) is 11.3 Å². The van der Waals surface area contributed by atoms with Crippen molar-refractivity contribution in [1.82, 2.24) is 4.72 Å². The molecule has 2 rings (SSSR count). The molecule has 0 aliphatic heterocycles. The molecule has 0 amide bonds. The molecule has 2 aromatic carbocycles. The van der Waals surface area contributed by atoms with Gasteiger partial charge in [0.25, 0.3) is 5.69 Å². The summed E-state index contributed by atoms with van der Waals surface area (Å²) in [6, 6.07) is 11.0. The molecule has 0 aliphatic carbocycles. The molecule has 0 aromatic heterocycles. The lowest BCUT2D eigenvalue weighted by atomic mass is 10.2. The van der Waals surface area contributed by atoms with Crippen LogP contribution in [-0.2, 0) is 10.0 Å². The summed E-state index contributed by atoms with van der Waals surface area (Å²) in [4.78, 5) is 20.6. The van der Waals surface area contributed by atoms with E-state index in [-0.39, 0.29) is 25.1 Å². The summed E-state index contributed by atoms with van der Waals surface area (Å²) in [7, 11) is -4.02. The second-order valence-corrected chi connectivity index (χ2v) is 6.89. The minimum atomic E-state index is -4.02. The predicted octanol–water partition coefficient (Wildman–Crippen LogP) is 2.04. The Labute approximate surface area is 149 Å². The van der Waals surface area contributed by atoms with Gasteiger partial charge in [0.1, 0.15) is 5.75 Å². The molecule has 0 radical (unpaired) electrons. The third-order valence-electron chi connectivity index (χ3n) is 3.31. The minimum Gasteiger partial charge on any atom is -0.494 e. The van der Waals surface area contributed by atoms with Crippen LogP contribution in [0, 0.1) is 10.1 Å². The molecule has 26 heavy (non-hydrogen) atoms. The van der Waals surface area contributed by atoms with Crippen LogP contribution >= 0.6 is 0 Å².